The zero-order valence-corrected chi connectivity index (χ0v) is 10.2. The first kappa shape index (κ1) is 12.5. The Bertz CT molecular complexity index is 395. The first-order valence-corrected chi connectivity index (χ1v) is 5.77. The monoisotopic (exact) mass is 224 g/mol. The topological polar surface area (TPSA) is 75.0 Å². The molecule has 0 saturated heterocycles. The summed E-state index contributed by atoms with van der Waals surface area (Å²) >= 11 is 0. The van der Waals surface area contributed by atoms with Crippen molar-refractivity contribution in [3.8, 4) is 0 Å². The summed E-state index contributed by atoms with van der Waals surface area (Å²) in [5.41, 5.74) is 6.28. The fourth-order valence-electron chi connectivity index (χ4n) is 1.67. The van der Waals surface area contributed by atoms with E-state index in [0.717, 1.165) is 19.5 Å². The average molecular weight is 224 g/mol. The number of aromatic nitrogens is 2. The minimum absolute atomic E-state index is 0.115. The predicted molar refractivity (Wildman–Crippen MR) is 66.8 cm³/mol. The van der Waals surface area contributed by atoms with E-state index in [-0.39, 0.29) is 5.56 Å². The number of nitrogen functional groups attached to an aromatic ring is 1. The summed E-state index contributed by atoms with van der Waals surface area (Å²) in [7, 11) is 0. The third-order valence-electron chi connectivity index (χ3n) is 2.60. The summed E-state index contributed by atoms with van der Waals surface area (Å²) in [4.78, 5) is 20.8. The van der Waals surface area contributed by atoms with E-state index in [4.69, 9.17) is 5.73 Å². The third-order valence-corrected chi connectivity index (χ3v) is 2.60. The molecule has 1 rings (SSSR count). The maximum atomic E-state index is 11.8. The Morgan fingerprint density at radius 1 is 1.31 bits per heavy atom. The highest BCUT2D eigenvalue weighted by molar-refractivity contribution is 5.44. The molecule has 16 heavy (non-hydrogen) atoms. The molecule has 0 aliphatic carbocycles. The van der Waals surface area contributed by atoms with Crippen LogP contribution in [0, 0.1) is 0 Å². The molecular weight excluding hydrogens is 204 g/mol. The molecule has 0 fully saturated rings. The Morgan fingerprint density at radius 3 is 2.38 bits per heavy atom. The van der Waals surface area contributed by atoms with Gasteiger partial charge in [0.05, 0.1) is 5.56 Å². The maximum Gasteiger partial charge on any atom is 0.257 e. The van der Waals surface area contributed by atoms with E-state index < -0.39 is 0 Å². The molecule has 0 spiro atoms. The van der Waals surface area contributed by atoms with E-state index in [0.29, 0.717) is 23.8 Å². The second-order valence-corrected chi connectivity index (χ2v) is 3.68. The molecular formula is C11H20N4O. The van der Waals surface area contributed by atoms with Crippen LogP contribution in [0.25, 0.3) is 0 Å². The van der Waals surface area contributed by atoms with Crippen LogP contribution in [0.5, 0.6) is 0 Å². The largest absolute Gasteiger partial charge is 0.383 e. The van der Waals surface area contributed by atoms with E-state index in [9.17, 15) is 4.79 Å². The van der Waals surface area contributed by atoms with Crippen molar-refractivity contribution in [3.05, 3.63) is 15.9 Å². The summed E-state index contributed by atoms with van der Waals surface area (Å²) in [6.07, 6.45) is 1.56. The maximum absolute atomic E-state index is 11.8. The summed E-state index contributed by atoms with van der Waals surface area (Å²) in [5.74, 6) is 0.917. The highest BCUT2D eigenvalue weighted by Gasteiger charge is 2.10. The Morgan fingerprint density at radius 2 is 1.94 bits per heavy atom. The van der Waals surface area contributed by atoms with Crippen LogP contribution >= 0.6 is 0 Å². The fraction of sp³-hybridized carbons (Fsp3) is 0.636. The Kier molecular flexibility index (Phi) is 4.34. The average Bonchev–Trinajstić information content (AvgIpc) is 2.25. The molecule has 0 aliphatic heterocycles. The van der Waals surface area contributed by atoms with Crippen LogP contribution in [0.4, 0.5) is 11.8 Å². The van der Waals surface area contributed by atoms with E-state index in [1.165, 1.54) is 0 Å². The fourth-order valence-corrected chi connectivity index (χ4v) is 1.67. The molecule has 0 bridgehead atoms. The molecule has 0 unspecified atom stereocenters. The molecule has 5 heteroatoms. The van der Waals surface area contributed by atoms with Crippen molar-refractivity contribution >= 4 is 11.8 Å². The van der Waals surface area contributed by atoms with Crippen LogP contribution in [-0.2, 0) is 6.42 Å². The van der Waals surface area contributed by atoms with Crippen molar-refractivity contribution in [1.82, 2.24) is 9.97 Å². The molecule has 3 N–H and O–H groups in total. The number of anilines is 2. The van der Waals surface area contributed by atoms with Gasteiger partial charge in [-0.3, -0.25) is 9.78 Å². The summed E-state index contributed by atoms with van der Waals surface area (Å²) < 4.78 is 0. The molecule has 5 nitrogen and oxygen atoms in total. The standard InChI is InChI=1S/C11H20N4O/c1-4-7-8-9(12)13-11(14-10(8)16)15(5-2)6-3/h4-7H2,1-3H3,(H3,12,13,14,16). The highest BCUT2D eigenvalue weighted by Crippen LogP contribution is 2.11. The summed E-state index contributed by atoms with van der Waals surface area (Å²) in [6, 6.07) is 0. The highest BCUT2D eigenvalue weighted by atomic mass is 16.1. The van der Waals surface area contributed by atoms with Gasteiger partial charge in [-0.2, -0.15) is 4.98 Å². The van der Waals surface area contributed by atoms with Crippen LogP contribution in [0.1, 0.15) is 32.8 Å². The zero-order valence-electron chi connectivity index (χ0n) is 10.2. The first-order chi connectivity index (χ1) is 7.63. The Labute approximate surface area is 95.7 Å². The SMILES string of the molecule is CCCc1c(N)nc(N(CC)CC)[nH]c1=O. The molecule has 0 aliphatic rings. The molecule has 1 aromatic rings. The molecule has 0 amide bonds. The van der Waals surface area contributed by atoms with Gasteiger partial charge in [0.1, 0.15) is 5.82 Å². The molecule has 1 heterocycles. The van der Waals surface area contributed by atoms with Crippen LogP contribution in [0.2, 0.25) is 0 Å². The van der Waals surface area contributed by atoms with Crippen molar-refractivity contribution < 1.29 is 0 Å². The summed E-state index contributed by atoms with van der Waals surface area (Å²) in [6.45, 7) is 7.63. The van der Waals surface area contributed by atoms with Crippen LogP contribution < -0.4 is 16.2 Å². The molecule has 0 atom stereocenters. The van der Waals surface area contributed by atoms with Crippen molar-refractivity contribution in [1.29, 1.82) is 0 Å². The van der Waals surface area contributed by atoms with E-state index >= 15 is 0 Å². The smallest absolute Gasteiger partial charge is 0.257 e. The zero-order chi connectivity index (χ0) is 12.1. The number of rotatable bonds is 5. The quantitative estimate of drug-likeness (QED) is 0.786. The van der Waals surface area contributed by atoms with Crippen LogP contribution in [0.15, 0.2) is 4.79 Å². The predicted octanol–water partition coefficient (Wildman–Crippen LogP) is 1.15. The molecule has 90 valence electrons. The number of nitrogens with two attached hydrogens (primary N) is 1. The third kappa shape index (κ3) is 2.53. The Hall–Kier alpha value is -1.52. The lowest BCUT2D eigenvalue weighted by Crippen LogP contribution is -2.28. The van der Waals surface area contributed by atoms with Gasteiger partial charge in [0, 0.05) is 13.1 Å². The number of nitrogens with zero attached hydrogens (tertiary/aromatic N) is 2. The number of hydrogen-bond donors (Lipinski definition) is 2. The Balaban J connectivity index is 3.13. The van der Waals surface area contributed by atoms with Crippen molar-refractivity contribution in [2.75, 3.05) is 23.7 Å². The lowest BCUT2D eigenvalue weighted by atomic mass is 10.2. The summed E-state index contributed by atoms with van der Waals surface area (Å²) in [5, 5.41) is 0. The second-order valence-electron chi connectivity index (χ2n) is 3.68. The molecule has 0 radical (unpaired) electrons. The number of hydrogen-bond acceptors (Lipinski definition) is 4. The van der Waals surface area contributed by atoms with E-state index in [2.05, 4.69) is 9.97 Å². The lowest BCUT2D eigenvalue weighted by molar-refractivity contribution is 0.806. The minimum atomic E-state index is -0.115. The van der Waals surface area contributed by atoms with Gasteiger partial charge < -0.3 is 10.6 Å². The second kappa shape index (κ2) is 5.53. The molecule has 1 aromatic heterocycles. The van der Waals surface area contributed by atoms with Gasteiger partial charge in [0.15, 0.2) is 0 Å². The first-order valence-electron chi connectivity index (χ1n) is 5.77. The van der Waals surface area contributed by atoms with Gasteiger partial charge in [-0.1, -0.05) is 13.3 Å². The molecule has 0 saturated carbocycles. The van der Waals surface area contributed by atoms with E-state index in [1.54, 1.807) is 0 Å². The van der Waals surface area contributed by atoms with Gasteiger partial charge in [-0.15, -0.1) is 0 Å². The lowest BCUT2D eigenvalue weighted by Gasteiger charge is -2.19. The number of nitrogens with one attached hydrogen (secondary N) is 1. The molecule has 0 aromatic carbocycles. The van der Waals surface area contributed by atoms with E-state index in [1.807, 2.05) is 25.7 Å². The van der Waals surface area contributed by atoms with Crippen molar-refractivity contribution in [2.45, 2.75) is 33.6 Å². The van der Waals surface area contributed by atoms with Gasteiger partial charge in [0.25, 0.3) is 5.56 Å². The van der Waals surface area contributed by atoms with Crippen LogP contribution in [-0.4, -0.2) is 23.1 Å². The minimum Gasteiger partial charge on any atom is -0.383 e. The normalized spacial score (nSPS) is 10.4. The van der Waals surface area contributed by atoms with Crippen molar-refractivity contribution in [2.24, 2.45) is 0 Å². The van der Waals surface area contributed by atoms with Gasteiger partial charge in [0.2, 0.25) is 5.95 Å². The van der Waals surface area contributed by atoms with Gasteiger partial charge in [-0.05, 0) is 20.3 Å². The van der Waals surface area contributed by atoms with Crippen LogP contribution in [0.3, 0.4) is 0 Å². The number of H-pyrrole nitrogens is 1. The number of aromatic amines is 1. The van der Waals surface area contributed by atoms with Crippen molar-refractivity contribution in [3.63, 3.8) is 0 Å². The van der Waals surface area contributed by atoms with Gasteiger partial charge >= 0.3 is 0 Å². The van der Waals surface area contributed by atoms with Gasteiger partial charge in [-0.25, -0.2) is 0 Å².